The monoisotopic (exact) mass is 341 g/mol. The van der Waals surface area contributed by atoms with Crippen molar-refractivity contribution in [3.05, 3.63) is 71.2 Å². The van der Waals surface area contributed by atoms with Gasteiger partial charge in [0.25, 0.3) is 0 Å². The zero-order valence-corrected chi connectivity index (χ0v) is 14.3. The van der Waals surface area contributed by atoms with Crippen molar-refractivity contribution in [2.75, 3.05) is 6.54 Å². The van der Waals surface area contributed by atoms with E-state index in [-0.39, 0.29) is 5.75 Å². The first-order chi connectivity index (χ1) is 11.5. The van der Waals surface area contributed by atoms with Gasteiger partial charge in [-0.15, -0.1) is 0 Å². The van der Waals surface area contributed by atoms with Crippen LogP contribution in [0.25, 0.3) is 5.65 Å². The fourth-order valence-corrected chi connectivity index (χ4v) is 4.75. The van der Waals surface area contributed by atoms with Gasteiger partial charge in [0.1, 0.15) is 5.65 Å². The summed E-state index contributed by atoms with van der Waals surface area (Å²) in [7, 11) is -3.35. The van der Waals surface area contributed by atoms with Crippen LogP contribution in [0.1, 0.15) is 22.5 Å². The first kappa shape index (κ1) is 15.4. The molecule has 2 aromatic heterocycles. The third kappa shape index (κ3) is 2.72. The van der Waals surface area contributed by atoms with Gasteiger partial charge in [0.05, 0.1) is 23.7 Å². The van der Waals surface area contributed by atoms with Gasteiger partial charge in [-0.05, 0) is 24.6 Å². The summed E-state index contributed by atoms with van der Waals surface area (Å²) >= 11 is 0. The number of aromatic nitrogens is 2. The molecule has 0 radical (unpaired) electrons. The topological polar surface area (TPSA) is 54.7 Å². The number of hydrogen-bond donors (Lipinski definition) is 0. The molecule has 0 saturated carbocycles. The van der Waals surface area contributed by atoms with Crippen molar-refractivity contribution >= 4 is 15.7 Å². The fraction of sp³-hybridized carbons (Fsp3) is 0.278. The van der Waals surface area contributed by atoms with Gasteiger partial charge in [0, 0.05) is 19.2 Å². The maximum atomic E-state index is 12.8. The van der Waals surface area contributed by atoms with Crippen molar-refractivity contribution in [2.45, 2.75) is 25.6 Å². The van der Waals surface area contributed by atoms with Crippen molar-refractivity contribution in [2.24, 2.45) is 0 Å². The zero-order valence-electron chi connectivity index (χ0n) is 13.5. The van der Waals surface area contributed by atoms with E-state index in [2.05, 4.69) is 4.98 Å². The van der Waals surface area contributed by atoms with Crippen LogP contribution in [0.4, 0.5) is 0 Å². The molecule has 124 valence electrons. The van der Waals surface area contributed by atoms with E-state index in [0.29, 0.717) is 19.5 Å². The SMILES string of the molecule is Cc1cccc(CS(=O)(=O)N2CCc3nc4ccccn4c3C2)c1. The van der Waals surface area contributed by atoms with E-state index in [1.807, 2.05) is 60.0 Å². The lowest BCUT2D eigenvalue weighted by Gasteiger charge is -2.26. The first-order valence-corrected chi connectivity index (χ1v) is 9.62. The number of imidazole rings is 1. The summed E-state index contributed by atoms with van der Waals surface area (Å²) in [5.74, 6) is 0.0424. The molecule has 1 aliphatic heterocycles. The minimum absolute atomic E-state index is 0.0424. The number of fused-ring (bicyclic) bond motifs is 3. The highest BCUT2D eigenvalue weighted by Crippen LogP contribution is 2.24. The van der Waals surface area contributed by atoms with Crippen LogP contribution in [0.5, 0.6) is 0 Å². The molecule has 6 heteroatoms. The third-order valence-corrected chi connectivity index (χ3v) is 6.26. The Morgan fingerprint density at radius 3 is 2.88 bits per heavy atom. The van der Waals surface area contributed by atoms with E-state index in [4.69, 9.17) is 0 Å². The second kappa shape index (κ2) is 5.72. The van der Waals surface area contributed by atoms with Crippen LogP contribution in [0.2, 0.25) is 0 Å². The van der Waals surface area contributed by atoms with Gasteiger partial charge in [0.15, 0.2) is 0 Å². The molecule has 1 aromatic carbocycles. The Morgan fingerprint density at radius 1 is 1.17 bits per heavy atom. The van der Waals surface area contributed by atoms with Crippen LogP contribution in [0, 0.1) is 6.92 Å². The summed E-state index contributed by atoms with van der Waals surface area (Å²) in [4.78, 5) is 4.61. The third-order valence-electron chi connectivity index (χ3n) is 4.46. The summed E-state index contributed by atoms with van der Waals surface area (Å²) in [5.41, 5.74) is 4.76. The van der Waals surface area contributed by atoms with E-state index < -0.39 is 10.0 Å². The number of sulfonamides is 1. The molecule has 0 amide bonds. The van der Waals surface area contributed by atoms with Gasteiger partial charge in [0.2, 0.25) is 10.0 Å². The molecule has 1 aliphatic rings. The van der Waals surface area contributed by atoms with Gasteiger partial charge in [-0.3, -0.25) is 0 Å². The van der Waals surface area contributed by atoms with Gasteiger partial charge in [-0.1, -0.05) is 35.9 Å². The molecule has 0 bridgehead atoms. The van der Waals surface area contributed by atoms with Crippen molar-refractivity contribution in [3.63, 3.8) is 0 Å². The molecule has 3 aromatic rings. The zero-order chi connectivity index (χ0) is 16.7. The highest BCUT2D eigenvalue weighted by Gasteiger charge is 2.29. The van der Waals surface area contributed by atoms with Crippen molar-refractivity contribution < 1.29 is 8.42 Å². The first-order valence-electron chi connectivity index (χ1n) is 8.01. The number of hydrogen-bond acceptors (Lipinski definition) is 3. The van der Waals surface area contributed by atoms with Crippen LogP contribution in [0.3, 0.4) is 0 Å². The molecular formula is C18H19N3O2S. The lowest BCUT2D eigenvalue weighted by molar-refractivity contribution is 0.383. The number of benzene rings is 1. The Kier molecular flexibility index (Phi) is 3.66. The molecule has 4 rings (SSSR count). The number of nitrogens with zero attached hydrogens (tertiary/aromatic N) is 3. The van der Waals surface area contributed by atoms with Crippen LogP contribution in [0.15, 0.2) is 48.7 Å². The molecule has 5 nitrogen and oxygen atoms in total. The van der Waals surface area contributed by atoms with Crippen molar-refractivity contribution in [1.82, 2.24) is 13.7 Å². The van der Waals surface area contributed by atoms with E-state index >= 15 is 0 Å². The van der Waals surface area contributed by atoms with E-state index in [1.165, 1.54) is 0 Å². The predicted octanol–water partition coefficient (Wildman–Crippen LogP) is 2.53. The second-order valence-electron chi connectivity index (χ2n) is 6.26. The molecule has 0 unspecified atom stereocenters. The summed E-state index contributed by atoms with van der Waals surface area (Å²) in [6.45, 7) is 2.85. The lowest BCUT2D eigenvalue weighted by Crippen LogP contribution is -2.37. The molecule has 24 heavy (non-hydrogen) atoms. The molecule has 0 aliphatic carbocycles. The molecule has 0 atom stereocenters. The quantitative estimate of drug-likeness (QED) is 0.736. The molecule has 3 heterocycles. The summed E-state index contributed by atoms with van der Waals surface area (Å²) in [5, 5.41) is 0. The Balaban J connectivity index is 1.63. The van der Waals surface area contributed by atoms with Crippen molar-refractivity contribution in [3.8, 4) is 0 Å². The number of rotatable bonds is 3. The van der Waals surface area contributed by atoms with Crippen LogP contribution >= 0.6 is 0 Å². The van der Waals surface area contributed by atoms with Gasteiger partial charge < -0.3 is 4.40 Å². The molecule has 0 spiro atoms. The molecule has 0 N–H and O–H groups in total. The summed E-state index contributed by atoms with van der Waals surface area (Å²) in [6.07, 6.45) is 2.60. The molecule has 0 fully saturated rings. The number of pyridine rings is 1. The Bertz CT molecular complexity index is 1010. The summed E-state index contributed by atoms with van der Waals surface area (Å²) < 4.78 is 29.2. The van der Waals surface area contributed by atoms with Gasteiger partial charge >= 0.3 is 0 Å². The van der Waals surface area contributed by atoms with Gasteiger partial charge in [-0.25, -0.2) is 13.4 Å². The van der Waals surface area contributed by atoms with Crippen LogP contribution < -0.4 is 0 Å². The van der Waals surface area contributed by atoms with Crippen molar-refractivity contribution in [1.29, 1.82) is 0 Å². The second-order valence-corrected chi connectivity index (χ2v) is 8.23. The Labute approximate surface area is 141 Å². The van der Waals surface area contributed by atoms with Crippen LogP contribution in [-0.4, -0.2) is 28.7 Å². The normalized spacial score (nSPS) is 15.5. The average Bonchev–Trinajstić information content (AvgIpc) is 2.92. The smallest absolute Gasteiger partial charge is 0.218 e. The fourth-order valence-electron chi connectivity index (χ4n) is 3.28. The predicted molar refractivity (Wildman–Crippen MR) is 93.1 cm³/mol. The lowest BCUT2D eigenvalue weighted by atomic mass is 10.2. The minimum Gasteiger partial charge on any atom is -0.302 e. The summed E-state index contributed by atoms with van der Waals surface area (Å²) in [6, 6.07) is 13.5. The van der Waals surface area contributed by atoms with Crippen LogP contribution in [-0.2, 0) is 28.7 Å². The maximum Gasteiger partial charge on any atom is 0.218 e. The van der Waals surface area contributed by atoms with Gasteiger partial charge in [-0.2, -0.15) is 4.31 Å². The highest BCUT2D eigenvalue weighted by atomic mass is 32.2. The Morgan fingerprint density at radius 2 is 2.04 bits per heavy atom. The maximum absolute atomic E-state index is 12.8. The molecular weight excluding hydrogens is 322 g/mol. The standard InChI is InChI=1S/C18H19N3O2S/c1-14-5-4-6-15(11-14)13-24(22,23)20-10-8-16-17(12-20)21-9-3-2-7-18(21)19-16/h2-7,9,11H,8,10,12-13H2,1H3. The number of aryl methyl sites for hydroxylation is 1. The Hall–Kier alpha value is -2.18. The minimum atomic E-state index is -3.35. The van der Waals surface area contributed by atoms with E-state index in [1.54, 1.807) is 4.31 Å². The van der Waals surface area contributed by atoms with E-state index in [9.17, 15) is 8.42 Å². The molecule has 0 saturated heterocycles. The largest absolute Gasteiger partial charge is 0.302 e. The van der Waals surface area contributed by atoms with E-state index in [0.717, 1.165) is 28.2 Å². The average molecular weight is 341 g/mol. The highest BCUT2D eigenvalue weighted by molar-refractivity contribution is 7.88.